The summed E-state index contributed by atoms with van der Waals surface area (Å²) in [5, 5.41) is 2.63. The minimum absolute atomic E-state index is 0.141. The fourth-order valence-electron chi connectivity index (χ4n) is 1.68. The van der Waals surface area contributed by atoms with Gasteiger partial charge in [-0.1, -0.05) is 0 Å². The van der Waals surface area contributed by atoms with Crippen LogP contribution in [0.25, 0.3) is 0 Å². The van der Waals surface area contributed by atoms with Gasteiger partial charge in [-0.15, -0.1) is 0 Å². The summed E-state index contributed by atoms with van der Waals surface area (Å²) >= 11 is 0. The molecule has 1 aromatic carbocycles. The fourth-order valence-corrected chi connectivity index (χ4v) is 1.68. The van der Waals surface area contributed by atoms with Crippen molar-refractivity contribution in [2.45, 2.75) is 6.04 Å². The van der Waals surface area contributed by atoms with E-state index in [0.717, 1.165) is 0 Å². The minimum Gasteiger partial charge on any atom is -0.378 e. The van der Waals surface area contributed by atoms with Gasteiger partial charge in [-0.2, -0.15) is 0 Å². The summed E-state index contributed by atoms with van der Waals surface area (Å²) in [5.41, 5.74) is -0.874. The van der Waals surface area contributed by atoms with E-state index in [0.29, 0.717) is 6.61 Å². The monoisotopic (exact) mass is 253 g/mol. The minimum atomic E-state index is -2.15. The highest BCUT2D eigenvalue weighted by molar-refractivity contribution is 5.27. The molecule has 1 fully saturated rings. The lowest BCUT2D eigenvalue weighted by Gasteiger charge is -2.25. The van der Waals surface area contributed by atoms with Crippen molar-refractivity contribution < 1.29 is 26.7 Å². The zero-order chi connectivity index (χ0) is 12.6. The molecule has 0 unspecified atom stereocenters. The lowest BCUT2D eigenvalue weighted by atomic mass is 10.0. The van der Waals surface area contributed by atoms with Gasteiger partial charge >= 0.3 is 0 Å². The van der Waals surface area contributed by atoms with E-state index in [4.69, 9.17) is 4.74 Å². The second kappa shape index (κ2) is 4.58. The molecular formula is C10H8F5NO. The summed E-state index contributed by atoms with van der Waals surface area (Å²) in [6.07, 6.45) is 0. The summed E-state index contributed by atoms with van der Waals surface area (Å²) in [7, 11) is 0. The Kier molecular flexibility index (Phi) is 3.30. The van der Waals surface area contributed by atoms with E-state index in [1.54, 1.807) is 0 Å². The molecule has 0 bridgehead atoms. The first-order valence-electron chi connectivity index (χ1n) is 4.86. The Morgan fingerprint density at radius 1 is 0.882 bits per heavy atom. The zero-order valence-corrected chi connectivity index (χ0v) is 8.50. The lowest BCUT2D eigenvalue weighted by molar-refractivity contribution is 0.0738. The third kappa shape index (κ3) is 2.00. The fraction of sp³-hybridized carbons (Fsp3) is 0.400. The molecule has 0 spiro atoms. The molecule has 0 saturated carbocycles. The van der Waals surface area contributed by atoms with Gasteiger partial charge in [0.2, 0.25) is 5.82 Å². The molecule has 7 heteroatoms. The van der Waals surface area contributed by atoms with Crippen LogP contribution in [0.15, 0.2) is 0 Å². The normalized spacial score (nSPS) is 20.6. The van der Waals surface area contributed by atoms with E-state index in [-0.39, 0.29) is 13.2 Å². The van der Waals surface area contributed by atoms with Crippen LogP contribution in [0.3, 0.4) is 0 Å². The first kappa shape index (κ1) is 12.3. The van der Waals surface area contributed by atoms with Crippen LogP contribution >= 0.6 is 0 Å². The van der Waals surface area contributed by atoms with Crippen LogP contribution in [0.4, 0.5) is 22.0 Å². The quantitative estimate of drug-likeness (QED) is 0.470. The van der Waals surface area contributed by atoms with Gasteiger partial charge in [-0.3, -0.25) is 0 Å². The highest BCUT2D eigenvalue weighted by Gasteiger charge is 2.31. The average molecular weight is 253 g/mol. The summed E-state index contributed by atoms with van der Waals surface area (Å²) < 4.78 is 70.3. The Labute approximate surface area is 93.4 Å². The number of rotatable bonds is 1. The number of nitrogens with one attached hydrogen (secondary N) is 1. The van der Waals surface area contributed by atoms with Crippen LogP contribution in [0, 0.1) is 29.1 Å². The highest BCUT2D eigenvalue weighted by Crippen LogP contribution is 2.28. The number of morpholine rings is 1. The van der Waals surface area contributed by atoms with Gasteiger partial charge in [0.25, 0.3) is 0 Å². The van der Waals surface area contributed by atoms with Crippen LogP contribution in [-0.2, 0) is 4.74 Å². The summed E-state index contributed by atoms with van der Waals surface area (Å²) in [6.45, 7) is 0.467. The van der Waals surface area contributed by atoms with Crippen molar-refractivity contribution in [3.05, 3.63) is 34.6 Å². The number of benzene rings is 1. The SMILES string of the molecule is Fc1c(F)c(F)c([C@@H]2COCCN2)c(F)c1F. The molecule has 1 aliphatic heterocycles. The maximum atomic E-state index is 13.4. The van der Waals surface area contributed by atoms with E-state index >= 15 is 0 Å². The molecule has 2 nitrogen and oxygen atoms in total. The first-order valence-corrected chi connectivity index (χ1v) is 4.86. The van der Waals surface area contributed by atoms with Crippen LogP contribution in [0.2, 0.25) is 0 Å². The van der Waals surface area contributed by atoms with E-state index < -0.39 is 40.7 Å². The number of ether oxygens (including phenoxy) is 1. The lowest BCUT2D eigenvalue weighted by Crippen LogP contribution is -2.36. The Morgan fingerprint density at radius 2 is 1.41 bits per heavy atom. The van der Waals surface area contributed by atoms with Crippen LogP contribution < -0.4 is 5.32 Å². The summed E-state index contributed by atoms with van der Waals surface area (Å²) in [6, 6.07) is -1.03. The van der Waals surface area contributed by atoms with Gasteiger partial charge in [-0.25, -0.2) is 22.0 Å². The first-order chi connectivity index (χ1) is 8.04. The second-order valence-electron chi connectivity index (χ2n) is 3.57. The van der Waals surface area contributed by atoms with Crippen molar-refractivity contribution >= 4 is 0 Å². The summed E-state index contributed by atoms with van der Waals surface area (Å²) in [5.74, 6) is -9.66. The van der Waals surface area contributed by atoms with E-state index in [1.807, 2.05) is 0 Å². The van der Waals surface area contributed by atoms with Crippen molar-refractivity contribution in [1.82, 2.24) is 5.32 Å². The standard InChI is InChI=1S/C10H8F5NO/c11-6-5(4-3-17-2-1-16-4)7(12)9(14)10(15)8(6)13/h4,16H,1-3H2/t4-/m0/s1. The molecule has 1 atom stereocenters. The van der Waals surface area contributed by atoms with Gasteiger partial charge in [-0.05, 0) is 0 Å². The van der Waals surface area contributed by atoms with Gasteiger partial charge in [0.05, 0.1) is 19.3 Å². The molecule has 1 aromatic rings. The number of halogens is 5. The van der Waals surface area contributed by atoms with Crippen molar-refractivity contribution in [3.63, 3.8) is 0 Å². The second-order valence-corrected chi connectivity index (χ2v) is 3.57. The maximum absolute atomic E-state index is 13.4. The van der Waals surface area contributed by atoms with Crippen LogP contribution in [-0.4, -0.2) is 19.8 Å². The molecule has 0 radical (unpaired) electrons. The molecule has 1 aliphatic rings. The smallest absolute Gasteiger partial charge is 0.200 e. The molecule has 0 amide bonds. The van der Waals surface area contributed by atoms with E-state index in [2.05, 4.69) is 5.32 Å². The molecule has 1 saturated heterocycles. The molecule has 1 N–H and O–H groups in total. The van der Waals surface area contributed by atoms with Gasteiger partial charge in [0, 0.05) is 12.1 Å². The Hall–Kier alpha value is -1.21. The third-order valence-corrected chi connectivity index (χ3v) is 2.51. The van der Waals surface area contributed by atoms with Crippen molar-refractivity contribution in [1.29, 1.82) is 0 Å². The Balaban J connectivity index is 2.52. The van der Waals surface area contributed by atoms with Crippen LogP contribution in [0.1, 0.15) is 11.6 Å². The van der Waals surface area contributed by atoms with Gasteiger partial charge in [0.1, 0.15) is 0 Å². The molecule has 17 heavy (non-hydrogen) atoms. The largest absolute Gasteiger partial charge is 0.378 e. The number of hydrogen-bond acceptors (Lipinski definition) is 2. The molecule has 0 aromatic heterocycles. The van der Waals surface area contributed by atoms with Crippen LogP contribution in [0.5, 0.6) is 0 Å². The molecule has 1 heterocycles. The third-order valence-electron chi connectivity index (χ3n) is 2.51. The predicted molar refractivity (Wildman–Crippen MR) is 47.8 cm³/mol. The average Bonchev–Trinajstić information content (AvgIpc) is 2.36. The highest BCUT2D eigenvalue weighted by atomic mass is 19.2. The summed E-state index contributed by atoms with van der Waals surface area (Å²) in [4.78, 5) is 0. The zero-order valence-electron chi connectivity index (χ0n) is 8.50. The van der Waals surface area contributed by atoms with Crippen molar-refractivity contribution in [3.8, 4) is 0 Å². The molecule has 0 aliphatic carbocycles. The predicted octanol–water partition coefficient (Wildman–Crippen LogP) is 2.04. The van der Waals surface area contributed by atoms with E-state index in [1.165, 1.54) is 0 Å². The maximum Gasteiger partial charge on any atom is 0.200 e. The Bertz CT molecular complexity index is 416. The number of hydrogen-bond donors (Lipinski definition) is 1. The van der Waals surface area contributed by atoms with Crippen molar-refractivity contribution in [2.75, 3.05) is 19.8 Å². The van der Waals surface area contributed by atoms with Gasteiger partial charge < -0.3 is 10.1 Å². The van der Waals surface area contributed by atoms with Gasteiger partial charge in [0.15, 0.2) is 23.3 Å². The van der Waals surface area contributed by atoms with E-state index in [9.17, 15) is 22.0 Å². The van der Waals surface area contributed by atoms with Crippen molar-refractivity contribution in [2.24, 2.45) is 0 Å². The molecule has 94 valence electrons. The molecular weight excluding hydrogens is 245 g/mol. The topological polar surface area (TPSA) is 21.3 Å². The Morgan fingerprint density at radius 3 is 1.88 bits per heavy atom. The molecule has 2 rings (SSSR count).